The Morgan fingerprint density at radius 1 is 1.13 bits per heavy atom. The van der Waals surface area contributed by atoms with E-state index < -0.39 is 11.9 Å². The van der Waals surface area contributed by atoms with Gasteiger partial charge in [-0.15, -0.1) is 0 Å². The van der Waals surface area contributed by atoms with Crippen molar-refractivity contribution in [3.8, 4) is 5.75 Å². The predicted molar refractivity (Wildman–Crippen MR) is 90.6 cm³/mol. The van der Waals surface area contributed by atoms with Crippen LogP contribution < -0.4 is 15.4 Å². The SMILES string of the molecule is COc1cccc(NC(=O)NC(=O)C=Cc2ccc(Cl)cc2)c1. The summed E-state index contributed by atoms with van der Waals surface area (Å²) in [6.07, 6.45) is 2.86. The van der Waals surface area contributed by atoms with Crippen LogP contribution in [0, 0.1) is 0 Å². The number of carbonyl (C=O) groups excluding carboxylic acids is 2. The van der Waals surface area contributed by atoms with Gasteiger partial charge in [0.15, 0.2) is 0 Å². The highest BCUT2D eigenvalue weighted by Gasteiger charge is 2.05. The number of benzene rings is 2. The van der Waals surface area contributed by atoms with Gasteiger partial charge in [-0.2, -0.15) is 0 Å². The molecular formula is C17H15ClN2O3. The van der Waals surface area contributed by atoms with Gasteiger partial charge in [0, 0.05) is 22.9 Å². The third-order valence-corrected chi connectivity index (χ3v) is 3.11. The second kappa shape index (κ2) is 8.00. The number of rotatable bonds is 4. The van der Waals surface area contributed by atoms with Gasteiger partial charge in [0.2, 0.25) is 0 Å². The molecule has 5 nitrogen and oxygen atoms in total. The summed E-state index contributed by atoms with van der Waals surface area (Å²) >= 11 is 5.78. The number of anilines is 1. The molecule has 0 saturated carbocycles. The Morgan fingerprint density at radius 2 is 1.87 bits per heavy atom. The van der Waals surface area contributed by atoms with Gasteiger partial charge < -0.3 is 10.1 Å². The van der Waals surface area contributed by atoms with E-state index in [9.17, 15) is 9.59 Å². The number of methoxy groups -OCH3 is 1. The van der Waals surface area contributed by atoms with Crippen molar-refractivity contribution < 1.29 is 14.3 Å². The molecular weight excluding hydrogens is 316 g/mol. The molecule has 118 valence electrons. The lowest BCUT2D eigenvalue weighted by Crippen LogP contribution is -2.33. The lowest BCUT2D eigenvalue weighted by Gasteiger charge is -2.06. The van der Waals surface area contributed by atoms with Crippen molar-refractivity contribution in [2.24, 2.45) is 0 Å². The molecule has 0 heterocycles. The van der Waals surface area contributed by atoms with Crippen molar-refractivity contribution in [2.75, 3.05) is 12.4 Å². The first kappa shape index (κ1) is 16.6. The molecule has 2 aromatic rings. The highest BCUT2D eigenvalue weighted by atomic mass is 35.5. The molecule has 2 rings (SSSR count). The van der Waals surface area contributed by atoms with E-state index in [4.69, 9.17) is 16.3 Å². The Bertz CT molecular complexity index is 727. The Balaban J connectivity index is 1.89. The number of ether oxygens (including phenoxy) is 1. The van der Waals surface area contributed by atoms with Gasteiger partial charge in [-0.3, -0.25) is 10.1 Å². The Kier molecular flexibility index (Phi) is 5.77. The van der Waals surface area contributed by atoms with E-state index in [2.05, 4.69) is 10.6 Å². The Morgan fingerprint density at radius 3 is 2.57 bits per heavy atom. The smallest absolute Gasteiger partial charge is 0.326 e. The molecule has 0 aliphatic rings. The predicted octanol–water partition coefficient (Wildman–Crippen LogP) is 3.71. The van der Waals surface area contributed by atoms with E-state index in [-0.39, 0.29) is 0 Å². The van der Waals surface area contributed by atoms with Crippen LogP contribution in [0.3, 0.4) is 0 Å². The van der Waals surface area contributed by atoms with Gasteiger partial charge in [-0.1, -0.05) is 29.8 Å². The number of urea groups is 1. The minimum atomic E-state index is -0.621. The zero-order valence-corrected chi connectivity index (χ0v) is 13.1. The Labute approximate surface area is 138 Å². The molecule has 0 atom stereocenters. The van der Waals surface area contributed by atoms with Crippen molar-refractivity contribution in [3.63, 3.8) is 0 Å². The molecule has 0 saturated heterocycles. The summed E-state index contributed by atoms with van der Waals surface area (Å²) in [5, 5.41) is 5.37. The number of halogens is 1. The summed E-state index contributed by atoms with van der Waals surface area (Å²) in [6.45, 7) is 0. The molecule has 0 aliphatic heterocycles. The topological polar surface area (TPSA) is 67.4 Å². The van der Waals surface area contributed by atoms with Gasteiger partial charge in [-0.05, 0) is 35.9 Å². The molecule has 0 unspecified atom stereocenters. The zero-order valence-electron chi connectivity index (χ0n) is 12.4. The maximum atomic E-state index is 11.7. The van der Waals surface area contributed by atoms with E-state index in [1.165, 1.54) is 13.2 Å². The molecule has 6 heteroatoms. The first-order valence-corrected chi connectivity index (χ1v) is 7.14. The molecule has 0 radical (unpaired) electrons. The van der Waals surface area contributed by atoms with Crippen LogP contribution in [0.2, 0.25) is 5.02 Å². The highest BCUT2D eigenvalue weighted by Crippen LogP contribution is 2.16. The van der Waals surface area contributed by atoms with Crippen LogP contribution in [-0.4, -0.2) is 19.0 Å². The van der Waals surface area contributed by atoms with Crippen LogP contribution in [0.25, 0.3) is 6.08 Å². The van der Waals surface area contributed by atoms with Gasteiger partial charge >= 0.3 is 6.03 Å². The molecule has 2 N–H and O–H groups in total. The molecule has 0 spiro atoms. The van der Waals surface area contributed by atoms with Gasteiger partial charge in [0.1, 0.15) is 5.75 Å². The van der Waals surface area contributed by atoms with E-state index in [1.807, 2.05) is 0 Å². The van der Waals surface area contributed by atoms with Gasteiger partial charge in [-0.25, -0.2) is 4.79 Å². The van der Waals surface area contributed by atoms with Gasteiger partial charge in [0.25, 0.3) is 5.91 Å². The molecule has 0 fully saturated rings. The minimum absolute atomic E-state index is 0.524. The molecule has 0 aliphatic carbocycles. The Hall–Kier alpha value is -2.79. The number of imide groups is 1. The van der Waals surface area contributed by atoms with Crippen molar-refractivity contribution in [1.29, 1.82) is 0 Å². The summed E-state index contributed by atoms with van der Waals surface area (Å²) in [5.41, 5.74) is 1.33. The first-order chi connectivity index (χ1) is 11.1. The first-order valence-electron chi connectivity index (χ1n) is 6.76. The fourth-order valence-corrected chi connectivity index (χ4v) is 1.89. The summed E-state index contributed by atoms with van der Waals surface area (Å²) in [5.74, 6) is 0.0807. The summed E-state index contributed by atoms with van der Waals surface area (Å²) in [6, 6.07) is 13.2. The highest BCUT2D eigenvalue weighted by molar-refractivity contribution is 6.30. The largest absolute Gasteiger partial charge is 0.497 e. The molecule has 3 amide bonds. The van der Waals surface area contributed by atoms with E-state index in [1.54, 1.807) is 54.6 Å². The van der Waals surface area contributed by atoms with E-state index >= 15 is 0 Å². The lowest BCUT2D eigenvalue weighted by atomic mass is 10.2. The second-order valence-electron chi connectivity index (χ2n) is 4.56. The number of amides is 3. The van der Waals surface area contributed by atoms with E-state index in [0.717, 1.165) is 5.56 Å². The monoisotopic (exact) mass is 330 g/mol. The fraction of sp³-hybridized carbons (Fsp3) is 0.0588. The standard InChI is InChI=1S/C17H15ClN2O3/c1-23-15-4-2-3-14(11-15)19-17(22)20-16(21)10-7-12-5-8-13(18)9-6-12/h2-11H,1H3,(H2,19,20,21,22). The average Bonchev–Trinajstić information content (AvgIpc) is 2.54. The maximum absolute atomic E-state index is 11.7. The quantitative estimate of drug-likeness (QED) is 0.840. The number of hydrogen-bond donors (Lipinski definition) is 2. The fourth-order valence-electron chi connectivity index (χ4n) is 1.76. The molecule has 23 heavy (non-hydrogen) atoms. The van der Waals surface area contributed by atoms with Crippen molar-refractivity contribution in [2.45, 2.75) is 0 Å². The van der Waals surface area contributed by atoms with Crippen LogP contribution in [0.5, 0.6) is 5.75 Å². The summed E-state index contributed by atoms with van der Waals surface area (Å²) < 4.78 is 5.05. The second-order valence-corrected chi connectivity index (χ2v) is 5.00. The van der Waals surface area contributed by atoms with Gasteiger partial charge in [0.05, 0.1) is 7.11 Å². The van der Waals surface area contributed by atoms with Crippen molar-refractivity contribution in [1.82, 2.24) is 5.32 Å². The van der Waals surface area contributed by atoms with Crippen LogP contribution in [0.4, 0.5) is 10.5 Å². The normalized spacial score (nSPS) is 10.3. The summed E-state index contributed by atoms with van der Waals surface area (Å²) in [7, 11) is 1.53. The number of carbonyl (C=O) groups is 2. The lowest BCUT2D eigenvalue weighted by molar-refractivity contribution is -0.115. The number of nitrogens with one attached hydrogen (secondary N) is 2. The molecule has 0 aromatic heterocycles. The third kappa shape index (κ3) is 5.48. The van der Waals surface area contributed by atoms with Crippen LogP contribution in [0.15, 0.2) is 54.6 Å². The van der Waals surface area contributed by atoms with Crippen molar-refractivity contribution >= 4 is 35.3 Å². The average molecular weight is 331 g/mol. The van der Waals surface area contributed by atoms with E-state index in [0.29, 0.717) is 16.5 Å². The zero-order chi connectivity index (χ0) is 16.7. The van der Waals surface area contributed by atoms with Crippen LogP contribution >= 0.6 is 11.6 Å². The minimum Gasteiger partial charge on any atom is -0.497 e. The third-order valence-electron chi connectivity index (χ3n) is 2.86. The van der Waals surface area contributed by atoms with Crippen LogP contribution in [0.1, 0.15) is 5.56 Å². The maximum Gasteiger partial charge on any atom is 0.326 e. The van der Waals surface area contributed by atoms with Crippen molar-refractivity contribution in [3.05, 3.63) is 65.2 Å². The van der Waals surface area contributed by atoms with Crippen LogP contribution in [-0.2, 0) is 4.79 Å². The molecule has 2 aromatic carbocycles. The molecule has 0 bridgehead atoms. The summed E-state index contributed by atoms with van der Waals surface area (Å²) in [4.78, 5) is 23.4. The number of hydrogen-bond acceptors (Lipinski definition) is 3.